The van der Waals surface area contributed by atoms with Crippen LogP contribution < -0.4 is 5.32 Å². The van der Waals surface area contributed by atoms with Crippen molar-refractivity contribution < 1.29 is 9.72 Å². The molecule has 0 aliphatic heterocycles. The van der Waals surface area contributed by atoms with Crippen molar-refractivity contribution in [3.8, 4) is 0 Å². The first-order chi connectivity index (χ1) is 10.0. The van der Waals surface area contributed by atoms with Gasteiger partial charge < -0.3 is 5.32 Å². The molecule has 21 heavy (non-hydrogen) atoms. The average molecular weight is 288 g/mol. The van der Waals surface area contributed by atoms with Crippen molar-refractivity contribution in [2.24, 2.45) is 0 Å². The lowest BCUT2D eigenvalue weighted by Crippen LogP contribution is -2.12. The largest absolute Gasteiger partial charge is 0.326 e. The summed E-state index contributed by atoms with van der Waals surface area (Å²) in [5, 5.41) is 17.2. The molecule has 2 rings (SSSR count). The van der Waals surface area contributed by atoms with Gasteiger partial charge in [-0.15, -0.1) is 0 Å². The quantitative estimate of drug-likeness (QED) is 0.653. The standard InChI is InChI=1S/C14H16N4O3/c1-11-4-2-5-12(8-11)16-14(19)6-3-7-17-10-13(9-15-17)18(20)21/h2,4-5,8-10H,3,6-7H2,1H3,(H,16,19). The zero-order valence-corrected chi connectivity index (χ0v) is 11.7. The Bertz CT molecular complexity index is 651. The number of anilines is 1. The van der Waals surface area contributed by atoms with Crippen LogP contribution in [0.2, 0.25) is 0 Å². The van der Waals surface area contributed by atoms with E-state index in [1.807, 2.05) is 31.2 Å². The minimum Gasteiger partial charge on any atom is -0.326 e. The number of amides is 1. The summed E-state index contributed by atoms with van der Waals surface area (Å²) in [6.45, 7) is 2.43. The van der Waals surface area contributed by atoms with Crippen LogP contribution in [0, 0.1) is 17.0 Å². The van der Waals surface area contributed by atoms with Crippen molar-refractivity contribution in [3.63, 3.8) is 0 Å². The smallest absolute Gasteiger partial charge is 0.306 e. The molecule has 2 aromatic rings. The Labute approximate surface area is 121 Å². The molecular weight excluding hydrogens is 272 g/mol. The van der Waals surface area contributed by atoms with Crippen molar-refractivity contribution in [2.75, 3.05) is 5.32 Å². The molecule has 0 aliphatic carbocycles. The van der Waals surface area contributed by atoms with Crippen molar-refractivity contribution in [3.05, 3.63) is 52.3 Å². The highest BCUT2D eigenvalue weighted by Crippen LogP contribution is 2.11. The number of aryl methyl sites for hydroxylation is 2. The highest BCUT2D eigenvalue weighted by atomic mass is 16.6. The van der Waals surface area contributed by atoms with Gasteiger partial charge in [0.1, 0.15) is 12.4 Å². The van der Waals surface area contributed by atoms with E-state index in [9.17, 15) is 14.9 Å². The molecule has 0 radical (unpaired) electrons. The van der Waals surface area contributed by atoms with Crippen molar-refractivity contribution in [1.29, 1.82) is 0 Å². The van der Waals surface area contributed by atoms with Gasteiger partial charge in [0.25, 0.3) is 0 Å². The number of rotatable bonds is 6. The first-order valence-corrected chi connectivity index (χ1v) is 6.58. The number of carbonyl (C=O) groups is 1. The fourth-order valence-electron chi connectivity index (χ4n) is 1.92. The van der Waals surface area contributed by atoms with E-state index in [1.54, 1.807) is 0 Å². The van der Waals surface area contributed by atoms with Gasteiger partial charge in [0.2, 0.25) is 5.91 Å². The zero-order chi connectivity index (χ0) is 15.2. The number of hydrogen-bond acceptors (Lipinski definition) is 4. The van der Waals surface area contributed by atoms with Gasteiger partial charge in [0.05, 0.1) is 4.92 Å². The predicted octanol–water partition coefficient (Wildman–Crippen LogP) is 2.52. The molecule has 0 aliphatic rings. The molecule has 1 aromatic heterocycles. The molecule has 0 spiro atoms. The lowest BCUT2D eigenvalue weighted by molar-refractivity contribution is -0.385. The van der Waals surface area contributed by atoms with Gasteiger partial charge >= 0.3 is 5.69 Å². The van der Waals surface area contributed by atoms with E-state index in [-0.39, 0.29) is 11.6 Å². The highest BCUT2D eigenvalue weighted by molar-refractivity contribution is 5.90. The van der Waals surface area contributed by atoms with E-state index in [4.69, 9.17) is 0 Å². The van der Waals surface area contributed by atoms with Gasteiger partial charge in [-0.25, -0.2) is 0 Å². The summed E-state index contributed by atoms with van der Waals surface area (Å²) >= 11 is 0. The summed E-state index contributed by atoms with van der Waals surface area (Å²) in [4.78, 5) is 21.8. The van der Waals surface area contributed by atoms with Crippen LogP contribution in [-0.2, 0) is 11.3 Å². The molecule has 7 heteroatoms. The van der Waals surface area contributed by atoms with E-state index in [1.165, 1.54) is 17.1 Å². The molecule has 1 amide bonds. The fourth-order valence-corrected chi connectivity index (χ4v) is 1.92. The van der Waals surface area contributed by atoms with Crippen LogP contribution in [0.25, 0.3) is 0 Å². The Hall–Kier alpha value is -2.70. The zero-order valence-electron chi connectivity index (χ0n) is 11.7. The maximum Gasteiger partial charge on any atom is 0.306 e. The molecule has 1 heterocycles. The lowest BCUT2D eigenvalue weighted by atomic mass is 10.2. The first kappa shape index (κ1) is 14.7. The van der Waals surface area contributed by atoms with E-state index in [0.29, 0.717) is 19.4 Å². The van der Waals surface area contributed by atoms with Crippen LogP contribution in [0.3, 0.4) is 0 Å². The summed E-state index contributed by atoms with van der Waals surface area (Å²) < 4.78 is 1.47. The molecule has 1 aromatic carbocycles. The summed E-state index contributed by atoms with van der Waals surface area (Å²) in [6, 6.07) is 7.57. The number of carbonyl (C=O) groups excluding carboxylic acids is 1. The van der Waals surface area contributed by atoms with Gasteiger partial charge in [0.15, 0.2) is 0 Å². The Morgan fingerprint density at radius 1 is 1.48 bits per heavy atom. The monoisotopic (exact) mass is 288 g/mol. The summed E-state index contributed by atoms with van der Waals surface area (Å²) in [6.07, 6.45) is 3.46. The van der Waals surface area contributed by atoms with Gasteiger partial charge in [-0.3, -0.25) is 19.6 Å². The van der Waals surface area contributed by atoms with Crippen molar-refractivity contribution in [1.82, 2.24) is 9.78 Å². The third kappa shape index (κ3) is 4.41. The Morgan fingerprint density at radius 2 is 2.29 bits per heavy atom. The molecule has 110 valence electrons. The molecule has 0 saturated heterocycles. The Morgan fingerprint density at radius 3 is 2.95 bits per heavy atom. The molecule has 0 fully saturated rings. The Balaban J connectivity index is 1.77. The van der Waals surface area contributed by atoms with Crippen LogP contribution >= 0.6 is 0 Å². The molecule has 0 saturated carbocycles. The highest BCUT2D eigenvalue weighted by Gasteiger charge is 2.09. The normalized spacial score (nSPS) is 10.3. The van der Waals surface area contributed by atoms with E-state index >= 15 is 0 Å². The third-order valence-electron chi connectivity index (χ3n) is 2.92. The van der Waals surface area contributed by atoms with Crippen molar-refractivity contribution >= 4 is 17.3 Å². The maximum absolute atomic E-state index is 11.8. The number of nitrogens with zero attached hydrogens (tertiary/aromatic N) is 3. The average Bonchev–Trinajstić information content (AvgIpc) is 2.87. The van der Waals surface area contributed by atoms with Gasteiger partial charge in [-0.2, -0.15) is 5.10 Å². The van der Waals surface area contributed by atoms with Crippen LogP contribution in [0.4, 0.5) is 11.4 Å². The number of aromatic nitrogens is 2. The molecular formula is C14H16N4O3. The number of nitro groups is 1. The van der Waals surface area contributed by atoms with Crippen molar-refractivity contribution in [2.45, 2.75) is 26.3 Å². The lowest BCUT2D eigenvalue weighted by Gasteiger charge is -2.06. The summed E-state index contributed by atoms with van der Waals surface area (Å²) in [7, 11) is 0. The van der Waals surface area contributed by atoms with Crippen LogP contribution in [0.1, 0.15) is 18.4 Å². The van der Waals surface area contributed by atoms with Gasteiger partial charge in [0, 0.05) is 18.7 Å². The second-order valence-corrected chi connectivity index (χ2v) is 4.74. The second-order valence-electron chi connectivity index (χ2n) is 4.74. The molecule has 0 atom stereocenters. The topological polar surface area (TPSA) is 90.1 Å². The number of nitrogens with one attached hydrogen (secondary N) is 1. The van der Waals surface area contributed by atoms with Gasteiger partial charge in [-0.1, -0.05) is 12.1 Å². The summed E-state index contributed by atoms with van der Waals surface area (Å²) in [5.41, 5.74) is 1.81. The SMILES string of the molecule is Cc1cccc(NC(=O)CCCn2cc([N+](=O)[O-])cn2)c1. The van der Waals surface area contributed by atoms with Crippen LogP contribution in [0.5, 0.6) is 0 Å². The first-order valence-electron chi connectivity index (χ1n) is 6.58. The summed E-state index contributed by atoms with van der Waals surface area (Å²) in [5.74, 6) is -0.0812. The van der Waals surface area contributed by atoms with Crippen LogP contribution in [0.15, 0.2) is 36.7 Å². The van der Waals surface area contributed by atoms with E-state index < -0.39 is 4.92 Å². The molecule has 7 nitrogen and oxygen atoms in total. The van der Waals surface area contributed by atoms with E-state index in [0.717, 1.165) is 11.3 Å². The number of benzene rings is 1. The van der Waals surface area contributed by atoms with Crippen LogP contribution in [-0.4, -0.2) is 20.6 Å². The molecule has 1 N–H and O–H groups in total. The molecule has 0 unspecified atom stereocenters. The minimum atomic E-state index is -0.492. The minimum absolute atomic E-state index is 0.0424. The van der Waals surface area contributed by atoms with Gasteiger partial charge in [-0.05, 0) is 31.0 Å². The second kappa shape index (κ2) is 6.65. The Kier molecular flexibility index (Phi) is 4.65. The number of hydrogen-bond donors (Lipinski definition) is 1. The maximum atomic E-state index is 11.8. The third-order valence-corrected chi connectivity index (χ3v) is 2.92. The predicted molar refractivity (Wildman–Crippen MR) is 77.9 cm³/mol. The fraction of sp³-hybridized carbons (Fsp3) is 0.286. The van der Waals surface area contributed by atoms with E-state index in [2.05, 4.69) is 10.4 Å². The molecule has 0 bridgehead atoms.